The zero-order valence-electron chi connectivity index (χ0n) is 14.4. The number of hydrogen-bond donors (Lipinski definition) is 0. The molecule has 0 spiro atoms. The van der Waals surface area contributed by atoms with Gasteiger partial charge in [0.25, 0.3) is 0 Å². The average molecular weight is 314 g/mol. The summed E-state index contributed by atoms with van der Waals surface area (Å²) in [6.45, 7) is 8.42. The average Bonchev–Trinajstić information content (AvgIpc) is 3.30. The van der Waals surface area contributed by atoms with E-state index in [4.69, 9.17) is 4.74 Å². The van der Waals surface area contributed by atoms with Crippen LogP contribution >= 0.6 is 0 Å². The van der Waals surface area contributed by atoms with Gasteiger partial charge in [-0.15, -0.1) is 0 Å². The van der Waals surface area contributed by atoms with Crippen LogP contribution < -0.4 is 4.90 Å². The molecule has 0 N–H and O–H groups in total. The minimum atomic E-state index is 0.202. The number of morpholine rings is 1. The van der Waals surface area contributed by atoms with Crippen LogP contribution in [0.4, 0.5) is 5.69 Å². The topological polar surface area (TPSA) is 52.4 Å². The molecule has 2 heterocycles. The Balaban J connectivity index is 1.69. The minimum absolute atomic E-state index is 0.202. The van der Waals surface area contributed by atoms with Crippen molar-refractivity contribution >= 4 is 5.69 Å². The van der Waals surface area contributed by atoms with Gasteiger partial charge in [-0.25, -0.2) is 0 Å². The predicted molar refractivity (Wildman–Crippen MR) is 90.6 cm³/mol. The van der Waals surface area contributed by atoms with Gasteiger partial charge in [0.05, 0.1) is 29.7 Å². The van der Waals surface area contributed by atoms with Crippen LogP contribution in [0.3, 0.4) is 0 Å². The Morgan fingerprint density at radius 1 is 1.39 bits per heavy atom. The van der Waals surface area contributed by atoms with Crippen LogP contribution in [-0.2, 0) is 4.74 Å². The second-order valence-corrected chi connectivity index (χ2v) is 6.96. The quantitative estimate of drug-likeness (QED) is 0.833. The van der Waals surface area contributed by atoms with Crippen LogP contribution in [0.5, 0.6) is 0 Å². The lowest BCUT2D eigenvalue weighted by atomic mass is 10.1. The minimum Gasteiger partial charge on any atom is -0.373 e. The Kier molecular flexibility index (Phi) is 4.84. The predicted octanol–water partition coefficient (Wildman–Crippen LogP) is 2.12. The molecule has 1 aliphatic carbocycles. The normalized spacial score (nSPS) is 21.5. The fourth-order valence-corrected chi connectivity index (χ4v) is 3.41. The monoisotopic (exact) mass is 314 g/mol. The number of aryl methyl sites for hydroxylation is 2. The molecule has 2 aliphatic rings. The van der Waals surface area contributed by atoms with Gasteiger partial charge in [0, 0.05) is 31.9 Å². The van der Waals surface area contributed by atoms with E-state index in [1.165, 1.54) is 19.4 Å². The second-order valence-electron chi connectivity index (χ2n) is 6.96. The molecule has 0 bridgehead atoms. The van der Waals surface area contributed by atoms with E-state index in [9.17, 15) is 5.26 Å². The number of anilines is 1. The molecular weight excluding hydrogens is 288 g/mol. The molecule has 23 heavy (non-hydrogen) atoms. The third-order valence-corrected chi connectivity index (χ3v) is 4.68. The van der Waals surface area contributed by atoms with Crippen molar-refractivity contribution in [1.29, 1.82) is 5.26 Å². The number of pyridine rings is 1. The lowest BCUT2D eigenvalue weighted by molar-refractivity contribution is 0.0199. The Morgan fingerprint density at radius 2 is 2.17 bits per heavy atom. The summed E-state index contributed by atoms with van der Waals surface area (Å²) >= 11 is 0. The summed E-state index contributed by atoms with van der Waals surface area (Å²) in [7, 11) is 2.18. The molecule has 0 radical (unpaired) electrons. The number of aromatic nitrogens is 1. The first kappa shape index (κ1) is 16.2. The van der Waals surface area contributed by atoms with Crippen molar-refractivity contribution < 1.29 is 4.74 Å². The number of nitriles is 1. The van der Waals surface area contributed by atoms with E-state index in [0.717, 1.165) is 42.6 Å². The largest absolute Gasteiger partial charge is 0.373 e. The summed E-state index contributed by atoms with van der Waals surface area (Å²) in [6.07, 6.45) is 2.96. The van der Waals surface area contributed by atoms with E-state index < -0.39 is 0 Å². The summed E-state index contributed by atoms with van der Waals surface area (Å²) in [5.74, 6) is 0.899. The fraction of sp³-hybridized carbons (Fsp3) is 0.667. The third kappa shape index (κ3) is 4.01. The molecule has 1 aromatic heterocycles. The summed E-state index contributed by atoms with van der Waals surface area (Å²) in [6, 6.07) is 4.35. The van der Waals surface area contributed by atoms with Crippen LogP contribution in [0.1, 0.15) is 29.8 Å². The van der Waals surface area contributed by atoms with Crippen molar-refractivity contribution in [1.82, 2.24) is 9.88 Å². The van der Waals surface area contributed by atoms with Gasteiger partial charge in [-0.05, 0) is 45.7 Å². The number of ether oxygens (including phenoxy) is 1. The van der Waals surface area contributed by atoms with E-state index in [1.54, 1.807) is 0 Å². The van der Waals surface area contributed by atoms with Crippen LogP contribution in [-0.4, -0.2) is 55.8 Å². The van der Waals surface area contributed by atoms with Gasteiger partial charge >= 0.3 is 0 Å². The number of hydrogen-bond acceptors (Lipinski definition) is 5. The highest BCUT2D eigenvalue weighted by Gasteiger charge is 2.27. The first-order chi connectivity index (χ1) is 11.1. The van der Waals surface area contributed by atoms with Crippen molar-refractivity contribution in [3.63, 3.8) is 0 Å². The molecule has 1 saturated heterocycles. The van der Waals surface area contributed by atoms with Crippen molar-refractivity contribution in [2.45, 2.75) is 32.8 Å². The van der Waals surface area contributed by atoms with Crippen molar-refractivity contribution in [2.75, 3.05) is 44.7 Å². The second kappa shape index (κ2) is 6.86. The highest BCUT2D eigenvalue weighted by Crippen LogP contribution is 2.30. The van der Waals surface area contributed by atoms with Crippen LogP contribution in [0.15, 0.2) is 6.07 Å². The molecule has 1 atom stereocenters. The summed E-state index contributed by atoms with van der Waals surface area (Å²) in [4.78, 5) is 9.10. The fourth-order valence-electron chi connectivity index (χ4n) is 3.41. The van der Waals surface area contributed by atoms with E-state index in [2.05, 4.69) is 27.9 Å². The lowest BCUT2D eigenvalue weighted by Gasteiger charge is -2.36. The maximum absolute atomic E-state index is 9.48. The highest BCUT2D eigenvalue weighted by molar-refractivity contribution is 5.61. The first-order valence-electron chi connectivity index (χ1n) is 8.50. The Labute approximate surface area is 138 Å². The smallest absolute Gasteiger partial charge is 0.103 e. The van der Waals surface area contributed by atoms with Crippen LogP contribution in [0.25, 0.3) is 0 Å². The lowest BCUT2D eigenvalue weighted by Crippen LogP contribution is -2.47. The third-order valence-electron chi connectivity index (χ3n) is 4.68. The van der Waals surface area contributed by atoms with Gasteiger partial charge in [0.15, 0.2) is 0 Å². The Bertz CT molecular complexity index is 606. The van der Waals surface area contributed by atoms with Gasteiger partial charge in [0.2, 0.25) is 0 Å². The van der Waals surface area contributed by atoms with Gasteiger partial charge in [-0.1, -0.05) is 0 Å². The van der Waals surface area contributed by atoms with Gasteiger partial charge in [0.1, 0.15) is 6.07 Å². The van der Waals surface area contributed by atoms with Crippen molar-refractivity contribution in [3.8, 4) is 6.07 Å². The summed E-state index contributed by atoms with van der Waals surface area (Å²) < 4.78 is 5.95. The van der Waals surface area contributed by atoms with Gasteiger partial charge in [-0.3, -0.25) is 4.98 Å². The summed E-state index contributed by atoms with van der Waals surface area (Å²) in [5.41, 5.74) is 3.49. The SMILES string of the molecule is Cc1cc(N2CCO[C@H](CN(C)CC3CC3)C2)c(C#N)c(C)n1. The summed E-state index contributed by atoms with van der Waals surface area (Å²) in [5, 5.41) is 9.48. The van der Waals surface area contributed by atoms with E-state index in [1.807, 2.05) is 19.9 Å². The van der Waals surface area contributed by atoms with E-state index in [-0.39, 0.29) is 6.10 Å². The molecule has 5 nitrogen and oxygen atoms in total. The molecule has 5 heteroatoms. The molecule has 0 unspecified atom stereocenters. The number of nitrogens with zero attached hydrogens (tertiary/aromatic N) is 4. The van der Waals surface area contributed by atoms with Crippen LogP contribution in [0, 0.1) is 31.1 Å². The standard InChI is InChI=1S/C18H26N4O/c1-13-8-18(17(9-19)14(2)20-13)22-6-7-23-16(12-22)11-21(3)10-15-4-5-15/h8,15-16H,4-7,10-12H2,1-3H3/t16-/m1/s1. The van der Waals surface area contributed by atoms with E-state index >= 15 is 0 Å². The van der Waals surface area contributed by atoms with Crippen molar-refractivity contribution in [2.24, 2.45) is 5.92 Å². The van der Waals surface area contributed by atoms with E-state index in [0.29, 0.717) is 12.2 Å². The number of likely N-dealkylation sites (N-methyl/N-ethyl adjacent to an activating group) is 1. The molecule has 3 rings (SSSR count). The van der Waals surface area contributed by atoms with Gasteiger partial charge < -0.3 is 14.5 Å². The van der Waals surface area contributed by atoms with Crippen LogP contribution in [0.2, 0.25) is 0 Å². The van der Waals surface area contributed by atoms with Crippen molar-refractivity contribution in [3.05, 3.63) is 23.0 Å². The highest BCUT2D eigenvalue weighted by atomic mass is 16.5. The molecular formula is C18H26N4O. The maximum atomic E-state index is 9.48. The molecule has 1 aromatic rings. The first-order valence-corrected chi connectivity index (χ1v) is 8.50. The van der Waals surface area contributed by atoms with Gasteiger partial charge in [-0.2, -0.15) is 5.26 Å². The molecule has 2 fully saturated rings. The zero-order valence-corrected chi connectivity index (χ0v) is 14.4. The Morgan fingerprint density at radius 3 is 2.87 bits per heavy atom. The Hall–Kier alpha value is -1.64. The molecule has 1 saturated carbocycles. The molecule has 124 valence electrons. The molecule has 1 aliphatic heterocycles. The molecule has 0 aromatic carbocycles. The maximum Gasteiger partial charge on any atom is 0.103 e. The number of rotatable bonds is 5. The zero-order chi connectivity index (χ0) is 16.4. The molecule has 0 amide bonds.